The first kappa shape index (κ1) is 20.3. The van der Waals surface area contributed by atoms with E-state index in [-0.39, 0.29) is 17.1 Å². The highest BCUT2D eigenvalue weighted by Crippen LogP contribution is 2.30. The molecule has 0 saturated heterocycles. The SMILES string of the molecule is COc1ccc(C(=O)N/N=C/c2cccc([N+](=O)[O-])c2OC(=O)c2ccco2)cc1. The van der Waals surface area contributed by atoms with Crippen molar-refractivity contribution in [3.63, 3.8) is 0 Å². The van der Waals surface area contributed by atoms with Gasteiger partial charge in [-0.1, -0.05) is 6.07 Å². The van der Waals surface area contributed by atoms with Crippen molar-refractivity contribution in [1.29, 1.82) is 0 Å². The summed E-state index contributed by atoms with van der Waals surface area (Å²) >= 11 is 0. The second kappa shape index (κ2) is 9.15. The fourth-order valence-electron chi connectivity index (χ4n) is 2.40. The average Bonchev–Trinajstić information content (AvgIpc) is 3.29. The Morgan fingerprint density at radius 3 is 2.53 bits per heavy atom. The van der Waals surface area contributed by atoms with Gasteiger partial charge in [-0.2, -0.15) is 5.10 Å². The van der Waals surface area contributed by atoms with Gasteiger partial charge >= 0.3 is 11.7 Å². The summed E-state index contributed by atoms with van der Waals surface area (Å²) in [5.74, 6) is -1.27. The summed E-state index contributed by atoms with van der Waals surface area (Å²) in [6.45, 7) is 0. The Morgan fingerprint density at radius 2 is 1.90 bits per heavy atom. The molecule has 1 aromatic heterocycles. The lowest BCUT2D eigenvalue weighted by Crippen LogP contribution is -2.17. The molecule has 0 aliphatic carbocycles. The van der Waals surface area contributed by atoms with Gasteiger partial charge in [-0.3, -0.25) is 14.9 Å². The molecule has 0 aliphatic rings. The first-order valence-corrected chi connectivity index (χ1v) is 8.50. The van der Waals surface area contributed by atoms with E-state index in [1.807, 2.05) is 0 Å². The van der Waals surface area contributed by atoms with Crippen LogP contribution in [0.1, 0.15) is 26.5 Å². The zero-order valence-electron chi connectivity index (χ0n) is 15.6. The molecule has 30 heavy (non-hydrogen) atoms. The number of amides is 1. The summed E-state index contributed by atoms with van der Waals surface area (Å²) in [6.07, 6.45) is 2.41. The fourth-order valence-corrected chi connectivity index (χ4v) is 2.40. The van der Waals surface area contributed by atoms with Gasteiger partial charge in [0, 0.05) is 17.2 Å². The van der Waals surface area contributed by atoms with Gasteiger partial charge in [-0.25, -0.2) is 10.2 Å². The van der Waals surface area contributed by atoms with Crippen LogP contribution in [-0.2, 0) is 0 Å². The van der Waals surface area contributed by atoms with Crippen molar-refractivity contribution in [2.45, 2.75) is 0 Å². The molecule has 3 rings (SSSR count). The maximum absolute atomic E-state index is 12.2. The minimum atomic E-state index is -0.911. The number of para-hydroxylation sites is 1. The number of carbonyl (C=O) groups excluding carboxylic acids is 2. The average molecular weight is 409 g/mol. The molecule has 0 unspecified atom stereocenters. The number of nitro groups is 1. The quantitative estimate of drug-likeness (QED) is 0.208. The molecule has 0 radical (unpaired) electrons. The molecule has 0 saturated carbocycles. The molecule has 152 valence electrons. The fraction of sp³-hybridized carbons (Fsp3) is 0.0500. The standard InChI is InChI=1S/C20H15N3O7/c1-28-15-9-7-13(8-10-15)19(24)22-21-12-14-4-2-5-16(23(26)27)18(14)30-20(25)17-6-3-11-29-17/h2-12H,1H3,(H,22,24)/b21-12+. The third kappa shape index (κ3) is 4.68. The van der Waals surface area contributed by atoms with Crippen LogP contribution in [0.25, 0.3) is 0 Å². The first-order chi connectivity index (χ1) is 14.5. The molecule has 10 heteroatoms. The van der Waals surface area contributed by atoms with E-state index in [1.165, 1.54) is 43.7 Å². The number of carbonyl (C=O) groups is 2. The number of rotatable bonds is 7. The Balaban J connectivity index is 1.80. The summed E-state index contributed by atoms with van der Waals surface area (Å²) in [5, 5.41) is 15.1. The van der Waals surface area contributed by atoms with Gasteiger partial charge in [0.1, 0.15) is 5.75 Å². The topological polar surface area (TPSA) is 133 Å². The molecule has 0 spiro atoms. The summed E-state index contributed by atoms with van der Waals surface area (Å²) in [7, 11) is 1.51. The number of methoxy groups -OCH3 is 1. The van der Waals surface area contributed by atoms with E-state index >= 15 is 0 Å². The number of nitro benzene ring substituents is 1. The number of hydrogen-bond acceptors (Lipinski definition) is 8. The third-order valence-corrected chi connectivity index (χ3v) is 3.86. The van der Waals surface area contributed by atoms with Crippen molar-refractivity contribution < 1.29 is 28.4 Å². The van der Waals surface area contributed by atoms with Crippen molar-refractivity contribution in [1.82, 2.24) is 5.43 Å². The second-order valence-electron chi connectivity index (χ2n) is 5.75. The highest BCUT2D eigenvalue weighted by Gasteiger charge is 2.23. The molecule has 0 aliphatic heterocycles. The van der Waals surface area contributed by atoms with Crippen LogP contribution < -0.4 is 14.9 Å². The van der Waals surface area contributed by atoms with Crippen molar-refractivity contribution >= 4 is 23.8 Å². The summed E-state index contributed by atoms with van der Waals surface area (Å²) < 4.78 is 15.1. The lowest BCUT2D eigenvalue weighted by Gasteiger charge is -2.07. The molecule has 1 heterocycles. The molecule has 1 N–H and O–H groups in total. The molecule has 2 aromatic carbocycles. The summed E-state index contributed by atoms with van der Waals surface area (Å²) in [4.78, 5) is 34.9. The van der Waals surface area contributed by atoms with Crippen molar-refractivity contribution in [2.24, 2.45) is 5.10 Å². The van der Waals surface area contributed by atoms with E-state index in [9.17, 15) is 19.7 Å². The van der Waals surface area contributed by atoms with E-state index in [1.54, 1.807) is 24.3 Å². The molecule has 1 amide bonds. The zero-order valence-corrected chi connectivity index (χ0v) is 15.6. The Morgan fingerprint density at radius 1 is 1.13 bits per heavy atom. The Hall–Kier alpha value is -4.47. The number of nitrogens with zero attached hydrogens (tertiary/aromatic N) is 2. The lowest BCUT2D eigenvalue weighted by molar-refractivity contribution is -0.385. The molecule has 0 bridgehead atoms. The van der Waals surface area contributed by atoms with Gasteiger partial charge in [0.25, 0.3) is 5.91 Å². The highest BCUT2D eigenvalue weighted by atomic mass is 16.6. The van der Waals surface area contributed by atoms with Gasteiger partial charge in [-0.15, -0.1) is 0 Å². The number of esters is 1. The van der Waals surface area contributed by atoms with Gasteiger partial charge < -0.3 is 13.9 Å². The zero-order chi connectivity index (χ0) is 21.5. The van der Waals surface area contributed by atoms with Crippen LogP contribution in [0.4, 0.5) is 5.69 Å². The van der Waals surface area contributed by atoms with E-state index in [0.29, 0.717) is 11.3 Å². The molecule has 3 aromatic rings. The van der Waals surface area contributed by atoms with E-state index in [2.05, 4.69) is 10.5 Å². The van der Waals surface area contributed by atoms with Crippen LogP contribution in [0.15, 0.2) is 70.4 Å². The van der Waals surface area contributed by atoms with Crippen LogP contribution in [0.5, 0.6) is 11.5 Å². The Kier molecular flexibility index (Phi) is 6.18. The maximum atomic E-state index is 12.2. The van der Waals surface area contributed by atoms with Crippen LogP contribution in [0.2, 0.25) is 0 Å². The lowest BCUT2D eigenvalue weighted by atomic mass is 10.2. The predicted molar refractivity (Wildman–Crippen MR) is 105 cm³/mol. The second-order valence-corrected chi connectivity index (χ2v) is 5.75. The van der Waals surface area contributed by atoms with E-state index < -0.39 is 22.5 Å². The molecule has 10 nitrogen and oxygen atoms in total. The van der Waals surface area contributed by atoms with Crippen LogP contribution in [0, 0.1) is 10.1 Å². The molecule has 0 fully saturated rings. The summed E-state index contributed by atoms with van der Waals surface area (Å²) in [5.41, 5.74) is 2.30. The van der Waals surface area contributed by atoms with Gasteiger partial charge in [0.15, 0.2) is 0 Å². The largest absolute Gasteiger partial charge is 0.497 e. The molecule has 0 atom stereocenters. The molecular weight excluding hydrogens is 394 g/mol. The van der Waals surface area contributed by atoms with E-state index in [0.717, 1.165) is 6.21 Å². The van der Waals surface area contributed by atoms with E-state index in [4.69, 9.17) is 13.9 Å². The van der Waals surface area contributed by atoms with Crippen molar-refractivity contribution in [3.05, 3.63) is 87.9 Å². The summed E-state index contributed by atoms with van der Waals surface area (Å²) in [6, 6.07) is 13.2. The van der Waals surface area contributed by atoms with Gasteiger partial charge in [0.2, 0.25) is 11.5 Å². The number of hydrazone groups is 1. The predicted octanol–water partition coefficient (Wildman–Crippen LogP) is 3.18. The van der Waals surface area contributed by atoms with Gasteiger partial charge in [0.05, 0.1) is 24.5 Å². The monoisotopic (exact) mass is 409 g/mol. The van der Waals surface area contributed by atoms with Crippen molar-refractivity contribution in [3.8, 4) is 11.5 Å². The Labute approximate surface area is 169 Å². The number of ether oxygens (including phenoxy) is 2. The number of furan rings is 1. The van der Waals surface area contributed by atoms with Crippen LogP contribution in [0.3, 0.4) is 0 Å². The number of hydrogen-bond donors (Lipinski definition) is 1. The number of benzene rings is 2. The van der Waals surface area contributed by atoms with Crippen LogP contribution in [-0.4, -0.2) is 30.1 Å². The smallest absolute Gasteiger partial charge is 0.379 e. The van der Waals surface area contributed by atoms with Crippen LogP contribution >= 0.6 is 0 Å². The maximum Gasteiger partial charge on any atom is 0.379 e. The van der Waals surface area contributed by atoms with Crippen molar-refractivity contribution in [2.75, 3.05) is 7.11 Å². The molecular formula is C20H15N3O7. The normalized spacial score (nSPS) is 10.6. The number of nitrogens with one attached hydrogen (secondary N) is 1. The first-order valence-electron chi connectivity index (χ1n) is 8.50. The highest BCUT2D eigenvalue weighted by molar-refractivity contribution is 5.96. The Bertz CT molecular complexity index is 1090. The van der Waals surface area contributed by atoms with Gasteiger partial charge in [-0.05, 0) is 42.5 Å². The minimum Gasteiger partial charge on any atom is -0.497 e. The minimum absolute atomic E-state index is 0.110. The third-order valence-electron chi connectivity index (χ3n) is 3.86.